The van der Waals surface area contributed by atoms with Crippen molar-refractivity contribution in [2.45, 2.75) is 6.17 Å². The minimum Gasteiger partial charge on any atom is -0.507 e. The van der Waals surface area contributed by atoms with Gasteiger partial charge in [-0.3, -0.25) is 5.43 Å². The number of hydrazone groups is 2. The van der Waals surface area contributed by atoms with Gasteiger partial charge >= 0.3 is 5.97 Å². The smallest absolute Gasteiger partial charge is 0.339 e. The van der Waals surface area contributed by atoms with Crippen molar-refractivity contribution in [3.63, 3.8) is 0 Å². The fourth-order valence-corrected chi connectivity index (χ4v) is 2.20. The van der Waals surface area contributed by atoms with Crippen molar-refractivity contribution in [3.05, 3.63) is 29.3 Å². The molecule has 104 valence electrons. The van der Waals surface area contributed by atoms with Crippen molar-refractivity contribution in [2.75, 3.05) is 7.05 Å². The van der Waals surface area contributed by atoms with Crippen LogP contribution in [0.3, 0.4) is 0 Å². The SMILES string of the molecule is CN1N=C(c2ccc(O)c(C(=O)O)c2)C2NN=C(N)N21. The second kappa shape index (κ2) is 4.02. The molecule has 9 nitrogen and oxygen atoms in total. The third-order valence-electron chi connectivity index (χ3n) is 3.13. The number of carboxylic acids is 1. The first-order valence-corrected chi connectivity index (χ1v) is 5.76. The Morgan fingerprint density at radius 1 is 1.50 bits per heavy atom. The van der Waals surface area contributed by atoms with Crippen LogP contribution in [0.2, 0.25) is 0 Å². The first kappa shape index (κ1) is 12.1. The molecule has 0 saturated heterocycles. The zero-order chi connectivity index (χ0) is 14.4. The maximum atomic E-state index is 11.1. The highest BCUT2D eigenvalue weighted by atomic mass is 16.4. The summed E-state index contributed by atoms with van der Waals surface area (Å²) in [6.07, 6.45) is -0.383. The van der Waals surface area contributed by atoms with Crippen LogP contribution in [0.4, 0.5) is 0 Å². The molecule has 9 heteroatoms. The second-order valence-electron chi connectivity index (χ2n) is 4.36. The van der Waals surface area contributed by atoms with E-state index in [1.54, 1.807) is 18.1 Å². The number of phenols is 1. The number of nitrogens with zero attached hydrogens (tertiary/aromatic N) is 4. The summed E-state index contributed by atoms with van der Waals surface area (Å²) < 4.78 is 0. The van der Waals surface area contributed by atoms with Crippen molar-refractivity contribution in [2.24, 2.45) is 15.9 Å². The van der Waals surface area contributed by atoms with Crippen molar-refractivity contribution in [1.29, 1.82) is 0 Å². The molecule has 0 saturated carbocycles. The van der Waals surface area contributed by atoms with E-state index in [0.717, 1.165) is 0 Å². The average Bonchev–Trinajstić information content (AvgIpc) is 2.92. The molecular weight excluding hydrogens is 264 g/mol. The Morgan fingerprint density at radius 3 is 2.95 bits per heavy atom. The number of nitrogens with two attached hydrogens (primary N) is 1. The van der Waals surface area contributed by atoms with E-state index in [1.165, 1.54) is 17.3 Å². The zero-order valence-corrected chi connectivity index (χ0v) is 10.5. The van der Waals surface area contributed by atoms with E-state index in [2.05, 4.69) is 15.6 Å². The lowest BCUT2D eigenvalue weighted by molar-refractivity contribution is 0.0693. The monoisotopic (exact) mass is 276 g/mol. The predicted octanol–water partition coefficient (Wildman–Crippen LogP) is -0.884. The van der Waals surface area contributed by atoms with Crippen LogP contribution in [0.5, 0.6) is 5.75 Å². The van der Waals surface area contributed by atoms with Crippen LogP contribution in [-0.4, -0.2) is 51.2 Å². The molecule has 1 aromatic rings. The average molecular weight is 276 g/mol. The van der Waals surface area contributed by atoms with Crippen LogP contribution in [0, 0.1) is 0 Å². The van der Waals surface area contributed by atoms with Crippen LogP contribution in [0.15, 0.2) is 28.4 Å². The number of carboxylic acid groups (broad SMARTS) is 1. The maximum Gasteiger partial charge on any atom is 0.339 e. The van der Waals surface area contributed by atoms with Gasteiger partial charge in [0.15, 0.2) is 6.17 Å². The molecule has 0 bridgehead atoms. The Balaban J connectivity index is 2.01. The van der Waals surface area contributed by atoms with Gasteiger partial charge in [-0.1, -0.05) is 0 Å². The number of aromatic carboxylic acids is 1. The summed E-state index contributed by atoms with van der Waals surface area (Å²) in [5, 5.41) is 29.9. The second-order valence-corrected chi connectivity index (χ2v) is 4.36. The van der Waals surface area contributed by atoms with Crippen molar-refractivity contribution >= 4 is 17.6 Å². The van der Waals surface area contributed by atoms with Crippen LogP contribution in [-0.2, 0) is 0 Å². The molecule has 0 amide bonds. The van der Waals surface area contributed by atoms with Crippen molar-refractivity contribution < 1.29 is 15.0 Å². The quantitative estimate of drug-likeness (QED) is 0.552. The molecule has 3 rings (SSSR count). The first-order valence-electron chi connectivity index (χ1n) is 5.76. The Labute approximate surface area is 113 Å². The number of nitrogens with one attached hydrogen (secondary N) is 1. The lowest BCUT2D eigenvalue weighted by Crippen LogP contribution is -2.48. The Hall–Kier alpha value is -2.97. The molecule has 2 heterocycles. The first-order chi connectivity index (χ1) is 9.49. The normalized spacial score (nSPS) is 20.4. The summed E-state index contributed by atoms with van der Waals surface area (Å²) in [6, 6.07) is 4.28. The highest BCUT2D eigenvalue weighted by Crippen LogP contribution is 2.24. The van der Waals surface area contributed by atoms with Gasteiger partial charge in [0.1, 0.15) is 17.0 Å². The zero-order valence-electron chi connectivity index (χ0n) is 10.5. The van der Waals surface area contributed by atoms with Gasteiger partial charge in [-0.2, -0.15) is 5.10 Å². The molecule has 0 aromatic heterocycles. The number of aromatic hydroxyl groups is 1. The molecule has 1 atom stereocenters. The molecule has 2 aliphatic rings. The third kappa shape index (κ3) is 1.60. The molecule has 1 unspecified atom stereocenters. The number of guanidine groups is 1. The molecule has 0 spiro atoms. The van der Waals surface area contributed by atoms with Crippen LogP contribution in [0.1, 0.15) is 15.9 Å². The topological polar surface area (TPSA) is 127 Å². The minimum absolute atomic E-state index is 0.182. The van der Waals surface area contributed by atoms with Crippen LogP contribution < -0.4 is 11.2 Å². The van der Waals surface area contributed by atoms with E-state index >= 15 is 0 Å². The third-order valence-corrected chi connectivity index (χ3v) is 3.13. The van der Waals surface area contributed by atoms with E-state index in [9.17, 15) is 9.90 Å². The molecule has 2 aliphatic heterocycles. The Bertz CT molecular complexity index is 656. The van der Waals surface area contributed by atoms with Gasteiger partial charge in [0, 0.05) is 12.6 Å². The van der Waals surface area contributed by atoms with E-state index in [-0.39, 0.29) is 23.4 Å². The van der Waals surface area contributed by atoms with Gasteiger partial charge in [0.05, 0.1) is 0 Å². The van der Waals surface area contributed by atoms with Gasteiger partial charge in [-0.15, -0.1) is 5.10 Å². The Kier molecular flexibility index (Phi) is 2.43. The number of hydrogen-bond donors (Lipinski definition) is 4. The van der Waals surface area contributed by atoms with Crippen LogP contribution in [0.25, 0.3) is 0 Å². The summed E-state index contributed by atoms with van der Waals surface area (Å²) in [7, 11) is 1.70. The molecule has 5 N–H and O–H groups in total. The van der Waals surface area contributed by atoms with E-state index in [1.807, 2.05) is 0 Å². The standard InChI is InChI=1S/C11H12N6O3/c1-16-15-8(9-13-14-11(12)17(9)16)5-2-3-7(18)6(4-5)10(19)20/h2-4,9,13,18H,1H3,(H2,12,14)(H,19,20). The van der Waals surface area contributed by atoms with Gasteiger partial charge in [-0.05, 0) is 18.2 Å². The molecular formula is C11H12N6O3. The number of hydrogen-bond acceptors (Lipinski definition) is 8. The van der Waals surface area contributed by atoms with E-state index in [4.69, 9.17) is 10.8 Å². The number of benzene rings is 1. The van der Waals surface area contributed by atoms with Gasteiger partial charge in [-0.25, -0.2) is 14.9 Å². The number of hydrazine groups is 1. The number of rotatable bonds is 2. The molecule has 0 fully saturated rings. The highest BCUT2D eigenvalue weighted by molar-refractivity contribution is 6.08. The van der Waals surface area contributed by atoms with Gasteiger partial charge < -0.3 is 15.9 Å². The van der Waals surface area contributed by atoms with Crippen molar-refractivity contribution in [3.8, 4) is 5.75 Å². The molecule has 0 radical (unpaired) electrons. The van der Waals surface area contributed by atoms with Gasteiger partial charge in [0.25, 0.3) is 0 Å². The number of carbonyl (C=O) groups is 1. The summed E-state index contributed by atoms with van der Waals surface area (Å²) in [5.74, 6) is -1.23. The van der Waals surface area contributed by atoms with E-state index < -0.39 is 5.97 Å². The summed E-state index contributed by atoms with van der Waals surface area (Å²) in [6.45, 7) is 0. The van der Waals surface area contributed by atoms with Crippen molar-refractivity contribution in [1.82, 2.24) is 15.6 Å². The van der Waals surface area contributed by atoms with E-state index in [0.29, 0.717) is 11.3 Å². The molecule has 20 heavy (non-hydrogen) atoms. The number of fused-ring (bicyclic) bond motifs is 1. The molecule has 0 aliphatic carbocycles. The highest BCUT2D eigenvalue weighted by Gasteiger charge is 2.39. The summed E-state index contributed by atoms with van der Waals surface area (Å²) in [4.78, 5) is 11.1. The summed E-state index contributed by atoms with van der Waals surface area (Å²) in [5.41, 5.74) is 9.49. The lowest BCUT2D eigenvalue weighted by Gasteiger charge is -2.22. The largest absolute Gasteiger partial charge is 0.507 e. The summed E-state index contributed by atoms with van der Waals surface area (Å²) >= 11 is 0. The Morgan fingerprint density at radius 2 is 2.25 bits per heavy atom. The minimum atomic E-state index is -1.21. The fourth-order valence-electron chi connectivity index (χ4n) is 2.20. The molecule has 1 aromatic carbocycles. The van der Waals surface area contributed by atoms with Gasteiger partial charge in [0.2, 0.25) is 5.96 Å². The maximum absolute atomic E-state index is 11.1. The lowest BCUT2D eigenvalue weighted by atomic mass is 10.0. The fraction of sp³-hybridized carbons (Fsp3) is 0.182. The predicted molar refractivity (Wildman–Crippen MR) is 69.8 cm³/mol. The van der Waals surface area contributed by atoms with Crippen LogP contribution >= 0.6 is 0 Å².